The van der Waals surface area contributed by atoms with Gasteiger partial charge in [-0.25, -0.2) is 0 Å². The zero-order valence-corrected chi connectivity index (χ0v) is 43.7. The fourth-order valence-corrected chi connectivity index (χ4v) is 8.98. The Morgan fingerprint density at radius 2 is 0.723 bits per heavy atom. The Kier molecular flexibility index (Phi) is 53.5. The molecule has 6 nitrogen and oxygen atoms in total. The van der Waals surface area contributed by atoms with Crippen molar-refractivity contribution in [3.8, 4) is 0 Å². The van der Waals surface area contributed by atoms with E-state index in [0.29, 0.717) is 19.4 Å². The molecule has 0 aromatic rings. The Morgan fingerprint density at radius 1 is 0.415 bits per heavy atom. The van der Waals surface area contributed by atoms with Gasteiger partial charge in [0.1, 0.15) is 0 Å². The van der Waals surface area contributed by atoms with Crippen molar-refractivity contribution < 1.29 is 24.5 Å². The third-order valence-electron chi connectivity index (χ3n) is 13.5. The first kappa shape index (κ1) is 63.3. The summed E-state index contributed by atoms with van der Waals surface area (Å²) >= 11 is 0. The quantitative estimate of drug-likeness (QED) is 0.0321. The van der Waals surface area contributed by atoms with Gasteiger partial charge in [0.15, 0.2) is 0 Å². The van der Waals surface area contributed by atoms with E-state index < -0.39 is 12.1 Å². The molecule has 65 heavy (non-hydrogen) atoms. The van der Waals surface area contributed by atoms with Crippen LogP contribution in [0.4, 0.5) is 0 Å². The third kappa shape index (κ3) is 51.6. The molecule has 0 aromatic carbocycles. The molecule has 2 unspecified atom stereocenters. The van der Waals surface area contributed by atoms with E-state index in [1.165, 1.54) is 244 Å². The largest absolute Gasteiger partial charge is 0.466 e. The second-order valence-electron chi connectivity index (χ2n) is 20.0. The zero-order valence-electron chi connectivity index (χ0n) is 43.7. The highest BCUT2D eigenvalue weighted by molar-refractivity contribution is 5.76. The third-order valence-corrected chi connectivity index (χ3v) is 13.5. The number of ether oxygens (including phenoxy) is 1. The normalized spacial score (nSPS) is 12.7. The SMILES string of the molecule is CCCCCCCCC/C=C/C(O)C(CO)NC(=O)CCCCCCCCC/C=C\CCCCCCCCCCCOC(=O)CCCCCCCCCCCCCCCCCCCCC. The van der Waals surface area contributed by atoms with E-state index in [1.807, 2.05) is 6.08 Å². The van der Waals surface area contributed by atoms with Crippen LogP contribution < -0.4 is 5.32 Å². The number of aliphatic hydroxyl groups excluding tert-OH is 2. The number of unbranched alkanes of at least 4 members (excludes halogenated alkanes) is 41. The first-order chi connectivity index (χ1) is 32.0. The highest BCUT2D eigenvalue weighted by Crippen LogP contribution is 2.17. The van der Waals surface area contributed by atoms with E-state index in [2.05, 4.69) is 31.3 Å². The van der Waals surface area contributed by atoms with Crippen molar-refractivity contribution in [2.75, 3.05) is 13.2 Å². The number of carbonyl (C=O) groups is 2. The molecule has 0 aliphatic rings. The number of hydrogen-bond donors (Lipinski definition) is 3. The molecule has 0 bridgehead atoms. The molecule has 0 saturated carbocycles. The lowest BCUT2D eigenvalue weighted by atomic mass is 10.0. The maximum Gasteiger partial charge on any atom is 0.305 e. The first-order valence-corrected chi connectivity index (χ1v) is 29.1. The lowest BCUT2D eigenvalue weighted by Crippen LogP contribution is -2.45. The average Bonchev–Trinajstić information content (AvgIpc) is 3.31. The highest BCUT2D eigenvalue weighted by Gasteiger charge is 2.18. The molecular weight excluding hydrogens is 803 g/mol. The molecule has 6 heteroatoms. The van der Waals surface area contributed by atoms with E-state index in [-0.39, 0.29) is 18.5 Å². The van der Waals surface area contributed by atoms with Gasteiger partial charge in [-0.1, -0.05) is 269 Å². The molecule has 0 saturated heterocycles. The van der Waals surface area contributed by atoms with Gasteiger partial charge in [0.25, 0.3) is 0 Å². The van der Waals surface area contributed by atoms with Gasteiger partial charge in [0.2, 0.25) is 5.91 Å². The van der Waals surface area contributed by atoms with E-state index in [1.54, 1.807) is 6.08 Å². The van der Waals surface area contributed by atoms with Crippen molar-refractivity contribution >= 4 is 11.9 Å². The number of nitrogens with one attached hydrogen (secondary N) is 1. The van der Waals surface area contributed by atoms with Crippen molar-refractivity contribution in [3.63, 3.8) is 0 Å². The van der Waals surface area contributed by atoms with Crippen molar-refractivity contribution in [3.05, 3.63) is 24.3 Å². The summed E-state index contributed by atoms with van der Waals surface area (Å²) in [4.78, 5) is 24.5. The molecule has 0 heterocycles. The Morgan fingerprint density at radius 3 is 1.09 bits per heavy atom. The van der Waals surface area contributed by atoms with Gasteiger partial charge in [-0.05, 0) is 57.8 Å². The molecule has 0 spiro atoms. The Labute approximate surface area is 405 Å². The lowest BCUT2D eigenvalue weighted by molar-refractivity contribution is -0.143. The van der Waals surface area contributed by atoms with E-state index >= 15 is 0 Å². The number of esters is 1. The van der Waals surface area contributed by atoms with E-state index in [4.69, 9.17) is 4.74 Å². The fourth-order valence-electron chi connectivity index (χ4n) is 8.98. The maximum atomic E-state index is 12.4. The van der Waals surface area contributed by atoms with Crippen LogP contribution in [0.3, 0.4) is 0 Å². The van der Waals surface area contributed by atoms with Crippen LogP contribution in [-0.2, 0) is 14.3 Å². The van der Waals surface area contributed by atoms with Gasteiger partial charge >= 0.3 is 5.97 Å². The molecule has 0 aromatic heterocycles. The number of aliphatic hydroxyl groups is 2. The topological polar surface area (TPSA) is 95.9 Å². The van der Waals surface area contributed by atoms with Crippen LogP contribution in [0.15, 0.2) is 24.3 Å². The van der Waals surface area contributed by atoms with Gasteiger partial charge in [0.05, 0.1) is 25.4 Å². The number of carbonyl (C=O) groups excluding carboxylic acids is 2. The number of hydrogen-bond acceptors (Lipinski definition) is 5. The Hall–Kier alpha value is -1.66. The summed E-state index contributed by atoms with van der Waals surface area (Å²) in [5.74, 6) is -0.0688. The highest BCUT2D eigenvalue weighted by atomic mass is 16.5. The summed E-state index contributed by atoms with van der Waals surface area (Å²) < 4.78 is 5.49. The molecule has 0 aliphatic heterocycles. The summed E-state index contributed by atoms with van der Waals surface area (Å²) in [6.45, 7) is 4.88. The fraction of sp³-hybridized carbons (Fsp3) is 0.898. The number of rotatable bonds is 54. The van der Waals surface area contributed by atoms with Gasteiger partial charge < -0.3 is 20.3 Å². The van der Waals surface area contributed by atoms with Gasteiger partial charge in [0, 0.05) is 12.8 Å². The molecular formula is C59H113NO5. The predicted molar refractivity (Wildman–Crippen MR) is 283 cm³/mol. The molecule has 2 atom stereocenters. The van der Waals surface area contributed by atoms with Crippen molar-refractivity contribution in [2.24, 2.45) is 0 Å². The maximum absolute atomic E-state index is 12.4. The molecule has 0 aliphatic carbocycles. The average molecular weight is 917 g/mol. The molecule has 0 radical (unpaired) electrons. The van der Waals surface area contributed by atoms with Crippen molar-refractivity contribution in [1.29, 1.82) is 0 Å². The second kappa shape index (κ2) is 54.9. The Bertz CT molecular complexity index is 1010. The molecule has 0 fully saturated rings. The number of allylic oxidation sites excluding steroid dienone is 3. The minimum absolute atomic E-state index is 0.0101. The molecule has 0 rings (SSSR count). The first-order valence-electron chi connectivity index (χ1n) is 29.1. The van der Waals surface area contributed by atoms with Crippen LogP contribution in [0.1, 0.15) is 316 Å². The van der Waals surface area contributed by atoms with Crippen LogP contribution in [0.25, 0.3) is 0 Å². The predicted octanol–water partition coefficient (Wildman–Crippen LogP) is 17.9. The van der Waals surface area contributed by atoms with Crippen LogP contribution in [0.2, 0.25) is 0 Å². The van der Waals surface area contributed by atoms with E-state index in [9.17, 15) is 19.8 Å². The van der Waals surface area contributed by atoms with Crippen molar-refractivity contribution in [1.82, 2.24) is 5.32 Å². The summed E-state index contributed by atoms with van der Waals surface area (Å²) in [7, 11) is 0. The summed E-state index contributed by atoms with van der Waals surface area (Å²) in [6, 6.07) is -0.631. The van der Waals surface area contributed by atoms with Crippen LogP contribution in [-0.4, -0.2) is 47.4 Å². The van der Waals surface area contributed by atoms with E-state index in [0.717, 1.165) is 44.9 Å². The smallest absolute Gasteiger partial charge is 0.305 e. The summed E-state index contributed by atoms with van der Waals surface area (Å²) in [6.07, 6.45) is 66.5. The van der Waals surface area contributed by atoms with Crippen molar-refractivity contribution in [2.45, 2.75) is 328 Å². The summed E-state index contributed by atoms with van der Waals surface area (Å²) in [5.41, 5.74) is 0. The van der Waals surface area contributed by atoms with Gasteiger partial charge in [-0.15, -0.1) is 0 Å². The standard InChI is InChI=1S/C59H113NO5/c1-3-5-7-9-11-13-14-15-16-17-20-24-27-30-33-37-41-45-49-53-59(64)65-54-50-46-42-38-34-31-28-25-22-19-18-21-23-26-29-32-36-40-44-48-52-58(63)60-56(55-61)57(62)51-47-43-39-35-12-10-8-6-4-2/h18,21,47,51,56-57,61-62H,3-17,19-20,22-46,48-50,52-55H2,1-2H3,(H,60,63)/b21-18-,51-47+. The van der Waals surface area contributed by atoms with Crippen LogP contribution in [0.5, 0.6) is 0 Å². The molecule has 3 N–H and O–H groups in total. The van der Waals surface area contributed by atoms with Gasteiger partial charge in [-0.2, -0.15) is 0 Å². The minimum Gasteiger partial charge on any atom is -0.466 e. The second-order valence-corrected chi connectivity index (χ2v) is 20.0. The van der Waals surface area contributed by atoms with Crippen LogP contribution >= 0.6 is 0 Å². The summed E-state index contributed by atoms with van der Waals surface area (Å²) in [5, 5.41) is 22.9. The minimum atomic E-state index is -0.847. The molecule has 384 valence electrons. The molecule has 1 amide bonds. The Balaban J connectivity index is 3.38. The number of amides is 1. The monoisotopic (exact) mass is 916 g/mol. The zero-order chi connectivity index (χ0) is 47.2. The van der Waals surface area contributed by atoms with Crippen LogP contribution in [0, 0.1) is 0 Å². The van der Waals surface area contributed by atoms with Gasteiger partial charge in [-0.3, -0.25) is 9.59 Å². The lowest BCUT2D eigenvalue weighted by Gasteiger charge is -2.20.